The molecule has 2 rings (SSSR count). The van der Waals surface area contributed by atoms with Crippen molar-refractivity contribution >= 4 is 39.3 Å². The third-order valence-electron chi connectivity index (χ3n) is 3.30. The summed E-state index contributed by atoms with van der Waals surface area (Å²) >= 11 is 3.33. The van der Waals surface area contributed by atoms with Crippen LogP contribution in [0, 0.1) is 0 Å². The van der Waals surface area contributed by atoms with Crippen molar-refractivity contribution in [1.82, 2.24) is 10.6 Å². The minimum Gasteiger partial charge on any atom is -0.395 e. The van der Waals surface area contributed by atoms with E-state index in [1.54, 1.807) is 17.0 Å². The molecule has 0 fully saturated rings. The second kappa shape index (κ2) is 6.89. The number of aliphatic hydroxyl groups excluding tert-OH is 1. The summed E-state index contributed by atoms with van der Waals surface area (Å²) in [6.07, 6.45) is 0. The maximum Gasteiger partial charge on any atom is 0.310 e. The number of likely N-dealkylation sites (N-methyl/N-ethyl adjacent to an activating group) is 1. The Hall–Kier alpha value is -1.93. The SMILES string of the molecule is CCN1C(=O)[C@H](NC(=O)C(=O)NCCO)c2cc(Br)ccc21. The number of hydrogen-bond acceptors (Lipinski definition) is 4. The van der Waals surface area contributed by atoms with Gasteiger partial charge in [0.1, 0.15) is 6.04 Å². The van der Waals surface area contributed by atoms with Gasteiger partial charge < -0.3 is 20.6 Å². The zero-order valence-corrected chi connectivity index (χ0v) is 13.5. The zero-order valence-electron chi connectivity index (χ0n) is 11.9. The van der Waals surface area contributed by atoms with Crippen molar-refractivity contribution in [3.63, 3.8) is 0 Å². The van der Waals surface area contributed by atoms with E-state index in [1.807, 2.05) is 13.0 Å². The normalized spacial score (nSPS) is 16.4. The molecule has 118 valence electrons. The molecule has 0 aliphatic carbocycles. The van der Waals surface area contributed by atoms with Crippen molar-refractivity contribution in [2.45, 2.75) is 13.0 Å². The van der Waals surface area contributed by atoms with Gasteiger partial charge in [-0.15, -0.1) is 0 Å². The molecule has 22 heavy (non-hydrogen) atoms. The Balaban J connectivity index is 2.21. The minimum absolute atomic E-state index is 0.0198. The van der Waals surface area contributed by atoms with Gasteiger partial charge in [0.25, 0.3) is 5.91 Å². The molecular formula is C14H16BrN3O4. The van der Waals surface area contributed by atoms with E-state index in [2.05, 4.69) is 26.6 Å². The second-order valence-electron chi connectivity index (χ2n) is 4.67. The fraction of sp³-hybridized carbons (Fsp3) is 0.357. The van der Waals surface area contributed by atoms with Crippen LogP contribution in [0.1, 0.15) is 18.5 Å². The Labute approximate surface area is 135 Å². The van der Waals surface area contributed by atoms with Gasteiger partial charge in [-0.3, -0.25) is 14.4 Å². The lowest BCUT2D eigenvalue weighted by Crippen LogP contribution is -2.45. The maximum atomic E-state index is 12.4. The molecule has 1 aromatic rings. The van der Waals surface area contributed by atoms with Crippen LogP contribution in [0.25, 0.3) is 0 Å². The van der Waals surface area contributed by atoms with Crippen LogP contribution in [-0.4, -0.2) is 42.5 Å². The first-order valence-electron chi connectivity index (χ1n) is 6.80. The van der Waals surface area contributed by atoms with E-state index >= 15 is 0 Å². The van der Waals surface area contributed by atoms with E-state index in [0.29, 0.717) is 12.1 Å². The largest absolute Gasteiger partial charge is 0.395 e. The van der Waals surface area contributed by atoms with E-state index in [-0.39, 0.29) is 19.1 Å². The molecular weight excluding hydrogens is 354 g/mol. The highest BCUT2D eigenvalue weighted by Gasteiger charge is 2.38. The van der Waals surface area contributed by atoms with Gasteiger partial charge in [0.05, 0.1) is 6.61 Å². The molecule has 0 bridgehead atoms. The van der Waals surface area contributed by atoms with Gasteiger partial charge in [-0.2, -0.15) is 0 Å². The predicted octanol–water partition coefficient (Wildman–Crippen LogP) is 0.0814. The maximum absolute atomic E-state index is 12.4. The number of anilines is 1. The second-order valence-corrected chi connectivity index (χ2v) is 5.59. The molecule has 0 saturated carbocycles. The number of carbonyl (C=O) groups is 3. The Kier molecular flexibility index (Phi) is 5.15. The molecule has 0 unspecified atom stereocenters. The summed E-state index contributed by atoms with van der Waals surface area (Å²) in [5.41, 5.74) is 1.36. The summed E-state index contributed by atoms with van der Waals surface area (Å²) < 4.78 is 0.779. The molecule has 0 spiro atoms. The van der Waals surface area contributed by atoms with E-state index in [0.717, 1.165) is 10.2 Å². The number of carbonyl (C=O) groups excluding carboxylic acids is 3. The van der Waals surface area contributed by atoms with E-state index in [1.165, 1.54) is 0 Å². The molecule has 7 nitrogen and oxygen atoms in total. The minimum atomic E-state index is -0.907. The molecule has 1 heterocycles. The lowest BCUT2D eigenvalue weighted by atomic mass is 10.1. The summed E-state index contributed by atoms with van der Waals surface area (Å²) in [7, 11) is 0. The van der Waals surface area contributed by atoms with Crippen molar-refractivity contribution in [3.8, 4) is 0 Å². The highest BCUT2D eigenvalue weighted by molar-refractivity contribution is 9.10. The molecule has 0 aromatic heterocycles. The van der Waals surface area contributed by atoms with Gasteiger partial charge in [-0.1, -0.05) is 15.9 Å². The van der Waals surface area contributed by atoms with E-state index in [4.69, 9.17) is 5.11 Å². The number of hydrogen-bond donors (Lipinski definition) is 3. The number of nitrogens with one attached hydrogen (secondary N) is 2. The van der Waals surface area contributed by atoms with Crippen LogP contribution in [0.15, 0.2) is 22.7 Å². The van der Waals surface area contributed by atoms with Gasteiger partial charge in [0.15, 0.2) is 0 Å². The average Bonchev–Trinajstić information content (AvgIpc) is 2.76. The summed E-state index contributed by atoms with van der Waals surface area (Å²) in [4.78, 5) is 37.4. The number of rotatable bonds is 4. The van der Waals surface area contributed by atoms with Gasteiger partial charge >= 0.3 is 11.8 Å². The Morgan fingerprint density at radius 1 is 1.36 bits per heavy atom. The Bertz CT molecular complexity index is 620. The standard InChI is InChI=1S/C14H16BrN3O4/c1-2-18-10-4-3-8(15)7-9(10)11(14(18)22)17-13(21)12(20)16-5-6-19/h3-4,7,11,19H,2,5-6H2,1H3,(H,16,20)(H,17,21)/t11-/m1/s1. The highest BCUT2D eigenvalue weighted by atomic mass is 79.9. The fourth-order valence-corrected chi connectivity index (χ4v) is 2.70. The van der Waals surface area contributed by atoms with Crippen LogP contribution in [0.3, 0.4) is 0 Å². The van der Waals surface area contributed by atoms with Crippen molar-refractivity contribution in [2.75, 3.05) is 24.6 Å². The molecule has 3 amide bonds. The van der Waals surface area contributed by atoms with E-state index < -0.39 is 17.9 Å². The number of amides is 3. The number of halogens is 1. The number of aliphatic hydroxyl groups is 1. The zero-order chi connectivity index (χ0) is 16.3. The molecule has 0 saturated heterocycles. The molecule has 1 aliphatic heterocycles. The first kappa shape index (κ1) is 16.4. The van der Waals surface area contributed by atoms with Crippen LogP contribution in [0.4, 0.5) is 5.69 Å². The van der Waals surface area contributed by atoms with Crippen molar-refractivity contribution in [1.29, 1.82) is 0 Å². The lowest BCUT2D eigenvalue weighted by Gasteiger charge is -2.15. The van der Waals surface area contributed by atoms with Crippen LogP contribution >= 0.6 is 15.9 Å². The number of benzene rings is 1. The number of fused-ring (bicyclic) bond motifs is 1. The lowest BCUT2D eigenvalue weighted by molar-refractivity contribution is -0.140. The Morgan fingerprint density at radius 3 is 2.73 bits per heavy atom. The molecule has 3 N–H and O–H groups in total. The molecule has 8 heteroatoms. The monoisotopic (exact) mass is 369 g/mol. The summed E-state index contributed by atoms with van der Waals surface area (Å²) in [6.45, 7) is 2.02. The highest BCUT2D eigenvalue weighted by Crippen LogP contribution is 2.37. The third kappa shape index (κ3) is 3.12. The quantitative estimate of drug-likeness (QED) is 0.654. The van der Waals surface area contributed by atoms with Crippen molar-refractivity contribution < 1.29 is 19.5 Å². The van der Waals surface area contributed by atoms with Crippen molar-refractivity contribution in [3.05, 3.63) is 28.2 Å². The third-order valence-corrected chi connectivity index (χ3v) is 3.79. The Morgan fingerprint density at radius 2 is 2.09 bits per heavy atom. The summed E-state index contributed by atoms with van der Waals surface area (Å²) in [5.74, 6) is -2.07. The predicted molar refractivity (Wildman–Crippen MR) is 83.1 cm³/mol. The topological polar surface area (TPSA) is 98.7 Å². The molecule has 0 radical (unpaired) electrons. The van der Waals surface area contributed by atoms with E-state index in [9.17, 15) is 14.4 Å². The van der Waals surface area contributed by atoms with Gasteiger partial charge in [0.2, 0.25) is 0 Å². The van der Waals surface area contributed by atoms with Crippen LogP contribution in [0.5, 0.6) is 0 Å². The fourth-order valence-electron chi connectivity index (χ4n) is 2.32. The van der Waals surface area contributed by atoms with Gasteiger partial charge in [0, 0.05) is 28.8 Å². The van der Waals surface area contributed by atoms with Crippen LogP contribution in [0.2, 0.25) is 0 Å². The van der Waals surface area contributed by atoms with Gasteiger partial charge in [-0.05, 0) is 25.1 Å². The van der Waals surface area contributed by atoms with Crippen LogP contribution < -0.4 is 15.5 Å². The first-order chi connectivity index (χ1) is 10.5. The van der Waals surface area contributed by atoms with Crippen molar-refractivity contribution in [2.24, 2.45) is 0 Å². The van der Waals surface area contributed by atoms with Gasteiger partial charge in [-0.25, -0.2) is 0 Å². The summed E-state index contributed by atoms with van der Waals surface area (Å²) in [5, 5.41) is 13.3. The smallest absolute Gasteiger partial charge is 0.310 e. The first-order valence-corrected chi connectivity index (χ1v) is 7.59. The summed E-state index contributed by atoms with van der Waals surface area (Å²) in [6, 6.07) is 4.46. The molecule has 1 atom stereocenters. The number of nitrogens with zero attached hydrogens (tertiary/aromatic N) is 1. The molecule has 1 aromatic carbocycles. The van der Waals surface area contributed by atoms with Crippen LogP contribution in [-0.2, 0) is 14.4 Å². The average molecular weight is 370 g/mol. The molecule has 1 aliphatic rings.